The Hall–Kier alpha value is -2.04. The first kappa shape index (κ1) is 16.8. The van der Waals surface area contributed by atoms with Crippen LogP contribution in [0.15, 0.2) is 54.6 Å². The lowest BCUT2D eigenvalue weighted by atomic mass is 10.2. The Morgan fingerprint density at radius 2 is 1.75 bits per heavy atom. The predicted molar refractivity (Wildman–Crippen MR) is 95.7 cm³/mol. The molecular weight excluding hydrogens is 324 g/mol. The van der Waals surface area contributed by atoms with Crippen LogP contribution in [-0.2, 0) is 0 Å². The predicted octanol–water partition coefficient (Wildman–Crippen LogP) is 3.18. The molecule has 1 fully saturated rings. The molecule has 1 amide bonds. The van der Waals surface area contributed by atoms with Crippen molar-refractivity contribution in [2.45, 2.75) is 0 Å². The largest absolute Gasteiger partial charge is 0.492 e. The minimum Gasteiger partial charge on any atom is -0.492 e. The summed E-state index contributed by atoms with van der Waals surface area (Å²) in [6.07, 6.45) is 0. The average Bonchev–Trinajstić information content (AvgIpc) is 2.63. The first-order valence-corrected chi connectivity index (χ1v) is 8.55. The zero-order valence-corrected chi connectivity index (χ0v) is 14.3. The van der Waals surface area contributed by atoms with Crippen LogP contribution in [0.2, 0.25) is 5.02 Å². The SMILES string of the molecule is O=C(c1ccccc1)N1CCN(CCOc2cccc(Cl)c2)CC1. The van der Waals surface area contributed by atoms with E-state index in [0.29, 0.717) is 11.6 Å². The number of nitrogens with zero attached hydrogens (tertiary/aromatic N) is 2. The maximum absolute atomic E-state index is 12.4. The number of piperazine rings is 1. The number of halogens is 1. The number of amides is 1. The molecule has 126 valence electrons. The Morgan fingerprint density at radius 3 is 2.46 bits per heavy atom. The first-order valence-electron chi connectivity index (χ1n) is 8.17. The third kappa shape index (κ3) is 4.49. The van der Waals surface area contributed by atoms with E-state index in [1.807, 2.05) is 59.5 Å². The number of benzene rings is 2. The van der Waals surface area contributed by atoms with Gasteiger partial charge in [-0.3, -0.25) is 9.69 Å². The van der Waals surface area contributed by atoms with Crippen molar-refractivity contribution in [1.82, 2.24) is 9.80 Å². The fraction of sp³-hybridized carbons (Fsp3) is 0.316. The maximum Gasteiger partial charge on any atom is 0.253 e. The van der Waals surface area contributed by atoms with Crippen LogP contribution in [0.25, 0.3) is 0 Å². The normalized spacial score (nSPS) is 15.3. The molecule has 1 saturated heterocycles. The van der Waals surface area contributed by atoms with Gasteiger partial charge in [0.05, 0.1) is 0 Å². The van der Waals surface area contributed by atoms with E-state index >= 15 is 0 Å². The van der Waals surface area contributed by atoms with E-state index in [1.165, 1.54) is 0 Å². The maximum atomic E-state index is 12.4. The molecule has 1 heterocycles. The van der Waals surface area contributed by atoms with Crippen molar-refractivity contribution < 1.29 is 9.53 Å². The molecular formula is C19H21ClN2O2. The van der Waals surface area contributed by atoms with Crippen molar-refractivity contribution in [3.63, 3.8) is 0 Å². The van der Waals surface area contributed by atoms with E-state index in [2.05, 4.69) is 4.90 Å². The third-order valence-electron chi connectivity index (χ3n) is 4.15. The zero-order valence-electron chi connectivity index (χ0n) is 13.5. The molecule has 0 bridgehead atoms. The van der Waals surface area contributed by atoms with Gasteiger partial charge in [-0.2, -0.15) is 0 Å². The van der Waals surface area contributed by atoms with Gasteiger partial charge in [-0.15, -0.1) is 0 Å². The summed E-state index contributed by atoms with van der Waals surface area (Å²) < 4.78 is 5.73. The van der Waals surface area contributed by atoms with Crippen LogP contribution in [0.1, 0.15) is 10.4 Å². The van der Waals surface area contributed by atoms with Gasteiger partial charge in [0.1, 0.15) is 12.4 Å². The van der Waals surface area contributed by atoms with Crippen molar-refractivity contribution in [2.24, 2.45) is 0 Å². The van der Waals surface area contributed by atoms with Crippen molar-refractivity contribution in [3.05, 3.63) is 65.2 Å². The Labute approximate surface area is 147 Å². The summed E-state index contributed by atoms with van der Waals surface area (Å²) in [7, 11) is 0. The lowest BCUT2D eigenvalue weighted by Crippen LogP contribution is -2.49. The van der Waals surface area contributed by atoms with Crippen LogP contribution >= 0.6 is 11.6 Å². The van der Waals surface area contributed by atoms with E-state index < -0.39 is 0 Å². The highest BCUT2D eigenvalue weighted by Crippen LogP contribution is 2.17. The molecule has 0 N–H and O–H groups in total. The van der Waals surface area contributed by atoms with Gasteiger partial charge in [-0.05, 0) is 30.3 Å². The second kappa shape index (κ2) is 8.18. The highest BCUT2D eigenvalue weighted by Gasteiger charge is 2.21. The molecule has 0 saturated carbocycles. The number of carbonyl (C=O) groups is 1. The highest BCUT2D eigenvalue weighted by molar-refractivity contribution is 6.30. The van der Waals surface area contributed by atoms with Gasteiger partial charge in [-0.1, -0.05) is 35.9 Å². The Balaban J connectivity index is 1.41. The molecule has 0 atom stereocenters. The second-order valence-electron chi connectivity index (χ2n) is 5.81. The average molecular weight is 345 g/mol. The lowest BCUT2D eigenvalue weighted by molar-refractivity contribution is 0.0620. The van der Waals surface area contributed by atoms with Crippen molar-refractivity contribution in [3.8, 4) is 5.75 Å². The first-order chi connectivity index (χ1) is 11.7. The van der Waals surface area contributed by atoms with Gasteiger partial charge < -0.3 is 9.64 Å². The molecule has 5 heteroatoms. The number of hydrogen-bond acceptors (Lipinski definition) is 3. The summed E-state index contributed by atoms with van der Waals surface area (Å²) >= 11 is 5.94. The molecule has 2 aromatic carbocycles. The second-order valence-corrected chi connectivity index (χ2v) is 6.24. The molecule has 3 rings (SSSR count). The number of hydrogen-bond donors (Lipinski definition) is 0. The van der Waals surface area contributed by atoms with Crippen LogP contribution in [0, 0.1) is 0 Å². The summed E-state index contributed by atoms with van der Waals surface area (Å²) in [5.74, 6) is 0.908. The molecule has 0 aromatic heterocycles. The zero-order chi connectivity index (χ0) is 16.8. The highest BCUT2D eigenvalue weighted by atomic mass is 35.5. The minimum atomic E-state index is 0.116. The molecule has 24 heavy (non-hydrogen) atoms. The topological polar surface area (TPSA) is 32.8 Å². The smallest absolute Gasteiger partial charge is 0.253 e. The fourth-order valence-electron chi connectivity index (χ4n) is 2.79. The molecule has 1 aliphatic heterocycles. The van der Waals surface area contributed by atoms with Crippen LogP contribution in [0.4, 0.5) is 0 Å². The van der Waals surface area contributed by atoms with E-state index in [1.54, 1.807) is 0 Å². The van der Waals surface area contributed by atoms with Crippen LogP contribution < -0.4 is 4.74 Å². The lowest BCUT2D eigenvalue weighted by Gasteiger charge is -2.34. The van der Waals surface area contributed by atoms with E-state index in [9.17, 15) is 4.79 Å². The summed E-state index contributed by atoms with van der Waals surface area (Å²) in [4.78, 5) is 16.6. The monoisotopic (exact) mass is 344 g/mol. The van der Waals surface area contributed by atoms with Crippen LogP contribution in [0.3, 0.4) is 0 Å². The van der Waals surface area contributed by atoms with Gasteiger partial charge in [0.25, 0.3) is 5.91 Å². The molecule has 4 nitrogen and oxygen atoms in total. The third-order valence-corrected chi connectivity index (χ3v) is 4.39. The quantitative estimate of drug-likeness (QED) is 0.835. The van der Waals surface area contributed by atoms with E-state index in [4.69, 9.17) is 16.3 Å². The molecule has 1 aliphatic rings. The van der Waals surface area contributed by atoms with Crippen LogP contribution in [-0.4, -0.2) is 55.0 Å². The summed E-state index contributed by atoms with van der Waals surface area (Å²) in [6.45, 7) is 4.72. The molecule has 0 aliphatic carbocycles. The molecule has 0 radical (unpaired) electrons. The van der Waals surface area contributed by atoms with Gasteiger partial charge in [0.2, 0.25) is 0 Å². The van der Waals surface area contributed by atoms with Crippen molar-refractivity contribution >= 4 is 17.5 Å². The van der Waals surface area contributed by atoms with E-state index in [-0.39, 0.29) is 5.91 Å². The fourth-order valence-corrected chi connectivity index (χ4v) is 2.97. The standard InChI is InChI=1S/C19H21ClN2O2/c20-17-7-4-8-18(15-17)24-14-13-21-9-11-22(12-10-21)19(23)16-5-2-1-3-6-16/h1-8,15H,9-14H2. The Bertz CT molecular complexity index is 670. The summed E-state index contributed by atoms with van der Waals surface area (Å²) in [5.41, 5.74) is 0.759. The van der Waals surface area contributed by atoms with Gasteiger partial charge >= 0.3 is 0 Å². The van der Waals surface area contributed by atoms with E-state index in [0.717, 1.165) is 44.0 Å². The summed E-state index contributed by atoms with van der Waals surface area (Å²) in [6, 6.07) is 16.9. The molecule has 0 unspecified atom stereocenters. The number of carbonyl (C=O) groups excluding carboxylic acids is 1. The van der Waals surface area contributed by atoms with Gasteiger partial charge in [0, 0.05) is 43.3 Å². The van der Waals surface area contributed by atoms with Crippen LogP contribution in [0.5, 0.6) is 5.75 Å². The Kier molecular flexibility index (Phi) is 5.72. The van der Waals surface area contributed by atoms with Gasteiger partial charge in [0.15, 0.2) is 0 Å². The number of rotatable bonds is 5. The molecule has 2 aromatic rings. The van der Waals surface area contributed by atoms with Crippen molar-refractivity contribution in [2.75, 3.05) is 39.3 Å². The molecule has 0 spiro atoms. The summed E-state index contributed by atoms with van der Waals surface area (Å²) in [5, 5.41) is 0.681. The van der Waals surface area contributed by atoms with Gasteiger partial charge in [-0.25, -0.2) is 0 Å². The van der Waals surface area contributed by atoms with Crippen molar-refractivity contribution in [1.29, 1.82) is 0 Å². The Morgan fingerprint density at radius 1 is 1.00 bits per heavy atom. The number of ether oxygens (including phenoxy) is 1. The minimum absolute atomic E-state index is 0.116.